The van der Waals surface area contributed by atoms with Gasteiger partial charge in [-0.1, -0.05) is 23.2 Å². The van der Waals surface area contributed by atoms with Gasteiger partial charge in [0.2, 0.25) is 0 Å². The molecule has 0 unspecified atom stereocenters. The summed E-state index contributed by atoms with van der Waals surface area (Å²) in [5, 5.41) is 1.82. The first-order valence-corrected chi connectivity index (χ1v) is 8.42. The summed E-state index contributed by atoms with van der Waals surface area (Å²) < 4.78 is 27.5. The monoisotopic (exact) mass is 368 g/mol. The molecular formula is C18H16Cl2F2N2. The van der Waals surface area contributed by atoms with Crippen molar-refractivity contribution < 1.29 is 8.78 Å². The number of nitrogens with one attached hydrogen (secondary N) is 1. The zero-order valence-electron chi connectivity index (χ0n) is 12.8. The first kappa shape index (κ1) is 17.2. The van der Waals surface area contributed by atoms with E-state index in [0.717, 1.165) is 35.4 Å². The second-order valence-corrected chi connectivity index (χ2v) is 6.50. The summed E-state index contributed by atoms with van der Waals surface area (Å²) >= 11 is 12.4. The quantitative estimate of drug-likeness (QED) is 0.557. The SMILES string of the molecule is NCCCCc1c(-c2ccc(F)cc2F)[nH]c2cc(Cl)cc(Cl)c12. The first-order valence-electron chi connectivity index (χ1n) is 7.66. The van der Waals surface area contributed by atoms with Gasteiger partial charge in [0, 0.05) is 27.6 Å². The summed E-state index contributed by atoms with van der Waals surface area (Å²) in [5.41, 5.74) is 8.10. The van der Waals surface area contributed by atoms with Gasteiger partial charge in [-0.3, -0.25) is 0 Å². The zero-order valence-corrected chi connectivity index (χ0v) is 14.3. The highest BCUT2D eigenvalue weighted by molar-refractivity contribution is 6.39. The van der Waals surface area contributed by atoms with E-state index in [1.165, 1.54) is 12.1 Å². The van der Waals surface area contributed by atoms with Gasteiger partial charge in [-0.05, 0) is 55.6 Å². The lowest BCUT2D eigenvalue weighted by molar-refractivity contribution is 0.585. The van der Waals surface area contributed by atoms with Gasteiger partial charge in [0.25, 0.3) is 0 Å². The molecule has 0 fully saturated rings. The van der Waals surface area contributed by atoms with Crippen LogP contribution in [0.2, 0.25) is 10.0 Å². The number of halogens is 4. The van der Waals surface area contributed by atoms with E-state index in [-0.39, 0.29) is 0 Å². The second-order valence-electron chi connectivity index (χ2n) is 5.66. The summed E-state index contributed by atoms with van der Waals surface area (Å²) in [7, 11) is 0. The molecule has 3 N–H and O–H groups in total. The lowest BCUT2D eigenvalue weighted by Crippen LogP contribution is -1.99. The molecule has 3 aromatic rings. The Morgan fingerprint density at radius 2 is 1.83 bits per heavy atom. The molecule has 0 atom stereocenters. The van der Waals surface area contributed by atoms with Crippen LogP contribution in [0.5, 0.6) is 0 Å². The molecule has 0 saturated heterocycles. The average molecular weight is 369 g/mol. The third kappa shape index (κ3) is 3.27. The number of aryl methyl sites for hydroxylation is 1. The van der Waals surface area contributed by atoms with Gasteiger partial charge in [-0.2, -0.15) is 0 Å². The number of aromatic nitrogens is 1. The smallest absolute Gasteiger partial charge is 0.135 e. The molecule has 2 aromatic carbocycles. The highest BCUT2D eigenvalue weighted by atomic mass is 35.5. The van der Waals surface area contributed by atoms with Crippen molar-refractivity contribution in [1.82, 2.24) is 4.98 Å². The van der Waals surface area contributed by atoms with Gasteiger partial charge < -0.3 is 10.7 Å². The predicted molar refractivity (Wildman–Crippen MR) is 95.7 cm³/mol. The Morgan fingerprint density at radius 1 is 1.04 bits per heavy atom. The number of hydrogen-bond donors (Lipinski definition) is 2. The Morgan fingerprint density at radius 3 is 2.54 bits per heavy atom. The number of aromatic amines is 1. The van der Waals surface area contributed by atoms with Crippen LogP contribution >= 0.6 is 23.2 Å². The molecule has 0 spiro atoms. The van der Waals surface area contributed by atoms with Crippen molar-refractivity contribution in [3.63, 3.8) is 0 Å². The number of hydrogen-bond acceptors (Lipinski definition) is 1. The van der Waals surface area contributed by atoms with Gasteiger partial charge in [0.15, 0.2) is 0 Å². The Balaban J connectivity index is 2.21. The van der Waals surface area contributed by atoms with Crippen LogP contribution in [-0.2, 0) is 6.42 Å². The Kier molecular flexibility index (Phi) is 5.09. The van der Waals surface area contributed by atoms with Crippen molar-refractivity contribution in [2.24, 2.45) is 5.73 Å². The third-order valence-corrected chi connectivity index (χ3v) is 4.52. The molecular weight excluding hydrogens is 353 g/mol. The van der Waals surface area contributed by atoms with E-state index in [1.54, 1.807) is 12.1 Å². The van der Waals surface area contributed by atoms with Crippen molar-refractivity contribution in [2.75, 3.05) is 6.54 Å². The van der Waals surface area contributed by atoms with Gasteiger partial charge in [0.1, 0.15) is 11.6 Å². The molecule has 24 heavy (non-hydrogen) atoms. The van der Waals surface area contributed by atoms with Crippen molar-refractivity contribution in [3.05, 3.63) is 57.6 Å². The highest BCUT2D eigenvalue weighted by Gasteiger charge is 2.18. The third-order valence-electron chi connectivity index (χ3n) is 4.00. The van der Waals surface area contributed by atoms with E-state index in [2.05, 4.69) is 4.98 Å². The molecule has 0 aliphatic carbocycles. The van der Waals surface area contributed by atoms with Crippen LogP contribution in [0.4, 0.5) is 8.78 Å². The van der Waals surface area contributed by atoms with Gasteiger partial charge >= 0.3 is 0 Å². The summed E-state index contributed by atoms with van der Waals surface area (Å²) in [6.45, 7) is 0.585. The molecule has 0 aliphatic heterocycles. The summed E-state index contributed by atoms with van der Waals surface area (Å²) in [6.07, 6.45) is 2.38. The predicted octanol–water partition coefficient (Wildman–Crippen LogP) is 5.70. The van der Waals surface area contributed by atoms with Crippen LogP contribution in [-0.4, -0.2) is 11.5 Å². The molecule has 2 nitrogen and oxygen atoms in total. The summed E-state index contributed by atoms with van der Waals surface area (Å²) in [4.78, 5) is 3.19. The van der Waals surface area contributed by atoms with Gasteiger partial charge in [0.05, 0.1) is 10.7 Å². The molecule has 3 rings (SSSR count). The molecule has 0 saturated carbocycles. The number of unbranched alkanes of at least 4 members (excludes halogenated alkanes) is 1. The number of H-pyrrole nitrogens is 1. The number of benzene rings is 2. The largest absolute Gasteiger partial charge is 0.354 e. The first-order chi connectivity index (χ1) is 11.5. The van der Waals surface area contributed by atoms with E-state index >= 15 is 0 Å². The minimum absolute atomic E-state index is 0.308. The lowest BCUT2D eigenvalue weighted by Gasteiger charge is -2.07. The molecule has 0 radical (unpaired) electrons. The summed E-state index contributed by atoms with van der Waals surface area (Å²) in [6, 6.07) is 6.95. The minimum atomic E-state index is -0.621. The molecule has 6 heteroatoms. The number of fused-ring (bicyclic) bond motifs is 1. The van der Waals surface area contributed by atoms with E-state index in [0.29, 0.717) is 34.3 Å². The maximum Gasteiger partial charge on any atom is 0.135 e. The van der Waals surface area contributed by atoms with Gasteiger partial charge in [-0.25, -0.2) is 8.78 Å². The van der Waals surface area contributed by atoms with E-state index in [4.69, 9.17) is 28.9 Å². The Hall–Kier alpha value is -1.62. The number of rotatable bonds is 5. The zero-order chi connectivity index (χ0) is 17.3. The van der Waals surface area contributed by atoms with Crippen molar-refractivity contribution in [3.8, 4) is 11.3 Å². The van der Waals surface area contributed by atoms with Crippen molar-refractivity contribution >= 4 is 34.1 Å². The Bertz CT molecular complexity index is 890. The topological polar surface area (TPSA) is 41.8 Å². The minimum Gasteiger partial charge on any atom is -0.354 e. The van der Waals surface area contributed by atoms with Crippen LogP contribution < -0.4 is 5.73 Å². The fourth-order valence-corrected chi connectivity index (χ4v) is 3.54. The lowest BCUT2D eigenvalue weighted by atomic mass is 10.00. The maximum absolute atomic E-state index is 14.3. The molecule has 1 heterocycles. The highest BCUT2D eigenvalue weighted by Crippen LogP contribution is 2.38. The Labute approximate surface area is 148 Å². The fraction of sp³-hybridized carbons (Fsp3) is 0.222. The molecule has 126 valence electrons. The normalized spacial score (nSPS) is 11.4. The molecule has 0 amide bonds. The standard InChI is InChI=1S/C18H16Cl2F2N2/c19-10-7-14(20)17-13(3-1-2-6-23)18(24-16(17)8-10)12-5-4-11(21)9-15(12)22/h4-5,7-9,24H,1-3,6,23H2. The van der Waals surface area contributed by atoms with Crippen LogP contribution in [0.15, 0.2) is 30.3 Å². The van der Waals surface area contributed by atoms with E-state index in [9.17, 15) is 8.78 Å². The van der Waals surface area contributed by atoms with Crippen LogP contribution in [0.1, 0.15) is 18.4 Å². The number of nitrogens with two attached hydrogens (primary N) is 1. The van der Waals surface area contributed by atoms with Crippen LogP contribution in [0, 0.1) is 11.6 Å². The van der Waals surface area contributed by atoms with Crippen LogP contribution in [0.25, 0.3) is 22.2 Å². The maximum atomic E-state index is 14.3. The van der Waals surface area contributed by atoms with Crippen molar-refractivity contribution in [1.29, 1.82) is 0 Å². The van der Waals surface area contributed by atoms with E-state index in [1.807, 2.05) is 0 Å². The average Bonchev–Trinajstić information content (AvgIpc) is 2.86. The van der Waals surface area contributed by atoms with Crippen molar-refractivity contribution in [2.45, 2.75) is 19.3 Å². The van der Waals surface area contributed by atoms with E-state index < -0.39 is 11.6 Å². The molecule has 0 bridgehead atoms. The van der Waals surface area contributed by atoms with Crippen LogP contribution in [0.3, 0.4) is 0 Å². The van der Waals surface area contributed by atoms with Gasteiger partial charge in [-0.15, -0.1) is 0 Å². The fourth-order valence-electron chi connectivity index (χ4n) is 2.93. The second kappa shape index (κ2) is 7.09. The summed E-state index contributed by atoms with van der Waals surface area (Å²) in [5.74, 6) is -1.23. The molecule has 0 aliphatic rings. The molecule has 1 aromatic heterocycles.